The van der Waals surface area contributed by atoms with Crippen LogP contribution < -0.4 is 10.0 Å². The summed E-state index contributed by atoms with van der Waals surface area (Å²) in [4.78, 5) is 15.1. The van der Waals surface area contributed by atoms with E-state index < -0.39 is 10.0 Å². The second kappa shape index (κ2) is 10.4. The summed E-state index contributed by atoms with van der Waals surface area (Å²) < 4.78 is 29.0. The highest BCUT2D eigenvalue weighted by molar-refractivity contribution is 7.99. The Morgan fingerprint density at radius 3 is 2.17 bits per heavy atom. The summed E-state index contributed by atoms with van der Waals surface area (Å²) in [6.45, 7) is 5.61. The van der Waals surface area contributed by atoms with E-state index >= 15 is 0 Å². The van der Waals surface area contributed by atoms with Gasteiger partial charge in [0, 0.05) is 21.0 Å². The fourth-order valence-electron chi connectivity index (χ4n) is 3.51. The maximum absolute atomic E-state index is 13.2. The number of anilines is 2. The Bertz CT molecular complexity index is 1480. The van der Waals surface area contributed by atoms with Crippen LogP contribution in [0, 0.1) is 20.8 Å². The van der Waals surface area contributed by atoms with Crippen molar-refractivity contribution in [3.05, 3.63) is 113 Å². The zero-order valence-corrected chi connectivity index (χ0v) is 21.3. The third-order valence-electron chi connectivity index (χ3n) is 5.61. The summed E-state index contributed by atoms with van der Waals surface area (Å²) in [5.41, 5.74) is 4.02. The maximum Gasteiger partial charge on any atom is 0.262 e. The van der Waals surface area contributed by atoms with E-state index in [2.05, 4.69) is 10.0 Å². The van der Waals surface area contributed by atoms with Crippen LogP contribution in [0.3, 0.4) is 0 Å². The smallest absolute Gasteiger partial charge is 0.262 e. The normalized spacial score (nSPS) is 11.2. The van der Waals surface area contributed by atoms with Gasteiger partial charge in [0.05, 0.1) is 10.6 Å². The number of amides is 1. The molecular formula is C28H26N2O3S2. The summed E-state index contributed by atoms with van der Waals surface area (Å²) in [6, 6.07) is 27.5. The first-order valence-corrected chi connectivity index (χ1v) is 13.4. The summed E-state index contributed by atoms with van der Waals surface area (Å²) in [5, 5.41) is 2.93. The molecule has 0 aliphatic heterocycles. The van der Waals surface area contributed by atoms with Crippen molar-refractivity contribution in [3.63, 3.8) is 0 Å². The summed E-state index contributed by atoms with van der Waals surface area (Å²) in [7, 11) is -3.89. The minimum absolute atomic E-state index is 0.0651. The quantitative estimate of drug-likeness (QED) is 0.291. The average molecular weight is 503 g/mol. The standard InChI is InChI=1S/C28H26N2O3S2/c1-19-14-16-23(17-21(19)3)30-35(32,33)27-18-22(15-13-20(27)2)28(31)29-25-11-7-8-12-26(25)34-24-9-5-4-6-10-24/h4-18,30H,1-3H3,(H,29,31). The van der Waals surface area contributed by atoms with Gasteiger partial charge in [0.2, 0.25) is 0 Å². The van der Waals surface area contributed by atoms with Gasteiger partial charge in [-0.1, -0.05) is 54.2 Å². The number of rotatable bonds is 7. The molecular weight excluding hydrogens is 476 g/mol. The van der Waals surface area contributed by atoms with Crippen LogP contribution in [-0.4, -0.2) is 14.3 Å². The molecule has 4 rings (SSSR count). The first kappa shape index (κ1) is 24.6. The monoisotopic (exact) mass is 502 g/mol. The highest BCUT2D eigenvalue weighted by atomic mass is 32.2. The van der Waals surface area contributed by atoms with E-state index in [-0.39, 0.29) is 16.4 Å². The molecule has 5 nitrogen and oxygen atoms in total. The number of nitrogens with one attached hydrogen (secondary N) is 2. The maximum atomic E-state index is 13.2. The van der Waals surface area contributed by atoms with Gasteiger partial charge >= 0.3 is 0 Å². The minimum Gasteiger partial charge on any atom is -0.321 e. The van der Waals surface area contributed by atoms with E-state index in [1.165, 1.54) is 6.07 Å². The number of carbonyl (C=O) groups is 1. The van der Waals surface area contributed by atoms with Crippen LogP contribution in [0.5, 0.6) is 0 Å². The zero-order valence-electron chi connectivity index (χ0n) is 19.7. The van der Waals surface area contributed by atoms with Crippen LogP contribution in [0.15, 0.2) is 106 Å². The molecule has 0 radical (unpaired) electrons. The molecule has 0 atom stereocenters. The van der Waals surface area contributed by atoms with Crippen LogP contribution in [0.25, 0.3) is 0 Å². The van der Waals surface area contributed by atoms with Gasteiger partial charge in [-0.25, -0.2) is 8.42 Å². The van der Waals surface area contributed by atoms with Crippen LogP contribution in [0.2, 0.25) is 0 Å². The topological polar surface area (TPSA) is 75.3 Å². The fourth-order valence-corrected chi connectivity index (χ4v) is 5.76. The molecule has 0 bridgehead atoms. The molecule has 2 N–H and O–H groups in total. The number of carbonyl (C=O) groups excluding carboxylic acids is 1. The summed E-state index contributed by atoms with van der Waals surface area (Å²) in [6.07, 6.45) is 0. The van der Waals surface area contributed by atoms with Crippen LogP contribution in [-0.2, 0) is 10.0 Å². The number of aryl methyl sites for hydroxylation is 3. The molecule has 0 aliphatic rings. The molecule has 178 valence electrons. The lowest BCUT2D eigenvalue weighted by atomic mass is 10.1. The van der Waals surface area contributed by atoms with E-state index in [4.69, 9.17) is 0 Å². The van der Waals surface area contributed by atoms with Gasteiger partial charge in [-0.2, -0.15) is 0 Å². The molecule has 0 fully saturated rings. The van der Waals surface area contributed by atoms with Crippen molar-refractivity contribution in [2.45, 2.75) is 35.5 Å². The van der Waals surface area contributed by atoms with Gasteiger partial charge in [0.25, 0.3) is 15.9 Å². The van der Waals surface area contributed by atoms with Gasteiger partial charge in [-0.3, -0.25) is 9.52 Å². The Labute approximate surface area is 210 Å². The molecule has 4 aromatic rings. The lowest BCUT2D eigenvalue weighted by molar-refractivity contribution is 0.102. The third kappa shape index (κ3) is 5.93. The number of benzene rings is 4. The van der Waals surface area contributed by atoms with Gasteiger partial charge in [0.15, 0.2) is 0 Å². The molecule has 0 heterocycles. The summed E-state index contributed by atoms with van der Waals surface area (Å²) in [5.74, 6) is -0.381. The van der Waals surface area contributed by atoms with Crippen molar-refractivity contribution in [2.24, 2.45) is 0 Å². The highest BCUT2D eigenvalue weighted by Gasteiger charge is 2.20. The predicted molar refractivity (Wildman–Crippen MR) is 143 cm³/mol. The average Bonchev–Trinajstić information content (AvgIpc) is 2.83. The van der Waals surface area contributed by atoms with Crippen LogP contribution >= 0.6 is 11.8 Å². The van der Waals surface area contributed by atoms with Crippen molar-refractivity contribution in [2.75, 3.05) is 10.0 Å². The SMILES string of the molecule is Cc1ccc(NS(=O)(=O)c2cc(C(=O)Nc3ccccc3Sc3ccccc3)ccc2C)cc1C. The summed E-state index contributed by atoms with van der Waals surface area (Å²) >= 11 is 1.54. The lowest BCUT2D eigenvalue weighted by Gasteiger charge is -2.14. The molecule has 35 heavy (non-hydrogen) atoms. The van der Waals surface area contributed by atoms with E-state index in [0.717, 1.165) is 20.9 Å². The lowest BCUT2D eigenvalue weighted by Crippen LogP contribution is -2.17. The van der Waals surface area contributed by atoms with Gasteiger partial charge in [0.1, 0.15) is 0 Å². The molecule has 7 heteroatoms. The Kier molecular flexibility index (Phi) is 7.28. The predicted octanol–water partition coefficient (Wildman–Crippen LogP) is 6.82. The Balaban J connectivity index is 1.58. The zero-order chi connectivity index (χ0) is 25.0. The number of sulfonamides is 1. The molecule has 4 aromatic carbocycles. The van der Waals surface area contributed by atoms with Crippen molar-refractivity contribution >= 4 is 39.1 Å². The van der Waals surface area contributed by atoms with E-state index in [1.54, 1.807) is 43.0 Å². The van der Waals surface area contributed by atoms with Gasteiger partial charge in [-0.05, 0) is 86.0 Å². The van der Waals surface area contributed by atoms with Crippen LogP contribution in [0.1, 0.15) is 27.0 Å². The first-order valence-electron chi connectivity index (χ1n) is 11.1. The van der Waals surface area contributed by atoms with Crippen molar-refractivity contribution < 1.29 is 13.2 Å². The van der Waals surface area contributed by atoms with Gasteiger partial charge in [-0.15, -0.1) is 0 Å². The Morgan fingerprint density at radius 2 is 1.43 bits per heavy atom. The Hall–Kier alpha value is -3.55. The highest BCUT2D eigenvalue weighted by Crippen LogP contribution is 2.33. The fraction of sp³-hybridized carbons (Fsp3) is 0.107. The third-order valence-corrected chi connectivity index (χ3v) is 8.21. The van der Waals surface area contributed by atoms with Crippen molar-refractivity contribution in [3.8, 4) is 0 Å². The van der Waals surface area contributed by atoms with E-state index in [1.807, 2.05) is 74.5 Å². The minimum atomic E-state index is -3.89. The molecule has 0 unspecified atom stereocenters. The number of hydrogen-bond donors (Lipinski definition) is 2. The van der Waals surface area contributed by atoms with Crippen LogP contribution in [0.4, 0.5) is 11.4 Å². The second-order valence-corrected chi connectivity index (χ2v) is 11.0. The first-order chi connectivity index (χ1) is 16.7. The number of para-hydroxylation sites is 1. The molecule has 0 spiro atoms. The van der Waals surface area contributed by atoms with E-state index in [0.29, 0.717) is 16.9 Å². The largest absolute Gasteiger partial charge is 0.321 e. The number of hydrogen-bond acceptors (Lipinski definition) is 4. The molecule has 1 amide bonds. The molecule has 0 aliphatic carbocycles. The second-order valence-electron chi connectivity index (χ2n) is 8.25. The van der Waals surface area contributed by atoms with Crippen molar-refractivity contribution in [1.29, 1.82) is 0 Å². The molecule has 0 aromatic heterocycles. The van der Waals surface area contributed by atoms with E-state index in [9.17, 15) is 13.2 Å². The van der Waals surface area contributed by atoms with Crippen molar-refractivity contribution in [1.82, 2.24) is 0 Å². The molecule has 0 saturated heterocycles. The Morgan fingerprint density at radius 1 is 0.743 bits per heavy atom. The molecule has 0 saturated carbocycles. The van der Waals surface area contributed by atoms with Gasteiger partial charge < -0.3 is 5.32 Å².